The number of halogens is 1. The molecular formula is C10H16ClN3OS. The molecular weight excluding hydrogens is 246 g/mol. The number of carbonyl (C=O) groups excluding carboxylic acids is 1. The number of carbonyl (C=O) groups is 1. The second kappa shape index (κ2) is 7.35. The molecule has 1 amide bonds. The quantitative estimate of drug-likeness (QED) is 0.863. The average Bonchev–Trinajstić information content (AvgIpc) is 2.18. The molecule has 1 atom stereocenters. The highest BCUT2D eigenvalue weighted by Crippen LogP contribution is 2.08. The molecule has 4 nitrogen and oxygen atoms in total. The number of nitrogens with one attached hydrogen (secondary N) is 1. The SMILES string of the molecule is CSCC(C)NC(=O)c1cnccc1N.Cl. The molecule has 1 heterocycles. The molecule has 1 unspecified atom stereocenters. The Morgan fingerprint density at radius 1 is 1.69 bits per heavy atom. The van der Waals surface area contributed by atoms with Crippen molar-refractivity contribution in [3.63, 3.8) is 0 Å². The molecule has 0 bridgehead atoms. The highest BCUT2D eigenvalue weighted by Gasteiger charge is 2.11. The van der Waals surface area contributed by atoms with Crippen molar-refractivity contribution in [2.75, 3.05) is 17.7 Å². The van der Waals surface area contributed by atoms with E-state index in [1.807, 2.05) is 13.2 Å². The fourth-order valence-electron chi connectivity index (χ4n) is 1.19. The van der Waals surface area contributed by atoms with E-state index in [1.165, 1.54) is 6.20 Å². The number of hydrogen-bond donors (Lipinski definition) is 2. The van der Waals surface area contributed by atoms with Gasteiger partial charge in [-0.1, -0.05) is 0 Å². The normalized spacial score (nSPS) is 11.4. The lowest BCUT2D eigenvalue weighted by Crippen LogP contribution is -2.34. The predicted molar refractivity (Wildman–Crippen MR) is 71.2 cm³/mol. The van der Waals surface area contributed by atoms with Gasteiger partial charge in [0.2, 0.25) is 0 Å². The predicted octanol–water partition coefficient (Wildman–Crippen LogP) is 1.57. The van der Waals surface area contributed by atoms with Crippen molar-refractivity contribution in [1.29, 1.82) is 0 Å². The maximum absolute atomic E-state index is 11.7. The van der Waals surface area contributed by atoms with Gasteiger partial charge in [0.05, 0.1) is 5.56 Å². The largest absolute Gasteiger partial charge is 0.398 e. The fourth-order valence-corrected chi connectivity index (χ4v) is 1.77. The van der Waals surface area contributed by atoms with E-state index in [-0.39, 0.29) is 24.4 Å². The Bertz CT molecular complexity index is 349. The van der Waals surface area contributed by atoms with Crippen LogP contribution in [0, 0.1) is 0 Å². The number of anilines is 1. The van der Waals surface area contributed by atoms with Crippen LogP contribution in [-0.4, -0.2) is 28.9 Å². The van der Waals surface area contributed by atoms with Gasteiger partial charge in [-0.2, -0.15) is 11.8 Å². The minimum Gasteiger partial charge on any atom is -0.398 e. The van der Waals surface area contributed by atoms with Crippen LogP contribution in [0.25, 0.3) is 0 Å². The fraction of sp³-hybridized carbons (Fsp3) is 0.400. The summed E-state index contributed by atoms with van der Waals surface area (Å²) in [5.41, 5.74) is 6.56. The zero-order chi connectivity index (χ0) is 11.3. The number of nitrogens with zero attached hydrogens (tertiary/aromatic N) is 1. The maximum atomic E-state index is 11.7. The van der Waals surface area contributed by atoms with E-state index in [0.29, 0.717) is 11.3 Å². The summed E-state index contributed by atoms with van der Waals surface area (Å²) in [5.74, 6) is 0.716. The number of hydrogen-bond acceptors (Lipinski definition) is 4. The van der Waals surface area contributed by atoms with Crippen LogP contribution in [-0.2, 0) is 0 Å². The van der Waals surface area contributed by atoms with Crippen LogP contribution in [0.1, 0.15) is 17.3 Å². The number of nitrogen functional groups attached to an aromatic ring is 1. The highest BCUT2D eigenvalue weighted by molar-refractivity contribution is 7.98. The Kier molecular flexibility index (Phi) is 6.92. The molecule has 0 aromatic carbocycles. The van der Waals surface area contributed by atoms with Crippen LogP contribution >= 0.6 is 24.2 Å². The van der Waals surface area contributed by atoms with Crippen molar-refractivity contribution in [3.8, 4) is 0 Å². The summed E-state index contributed by atoms with van der Waals surface area (Å²) in [6, 6.07) is 1.75. The van der Waals surface area contributed by atoms with Crippen molar-refractivity contribution >= 4 is 35.8 Å². The first-order valence-corrected chi connectivity index (χ1v) is 6.03. The number of amides is 1. The Balaban J connectivity index is 0.00000225. The molecule has 0 aliphatic carbocycles. The topological polar surface area (TPSA) is 68.0 Å². The summed E-state index contributed by atoms with van der Waals surface area (Å²) in [6.45, 7) is 1.96. The number of pyridine rings is 1. The Hall–Kier alpha value is -0.940. The molecule has 1 aromatic rings. The first-order valence-electron chi connectivity index (χ1n) is 4.64. The third kappa shape index (κ3) is 4.28. The summed E-state index contributed by atoms with van der Waals surface area (Å²) in [5, 5.41) is 2.86. The van der Waals surface area contributed by atoms with Gasteiger partial charge < -0.3 is 11.1 Å². The van der Waals surface area contributed by atoms with Crippen molar-refractivity contribution in [1.82, 2.24) is 10.3 Å². The van der Waals surface area contributed by atoms with Crippen LogP contribution in [0.5, 0.6) is 0 Å². The molecule has 3 N–H and O–H groups in total. The Labute approximate surface area is 106 Å². The molecule has 6 heteroatoms. The number of thioether (sulfide) groups is 1. The summed E-state index contributed by atoms with van der Waals surface area (Å²) in [7, 11) is 0. The molecule has 0 radical (unpaired) electrons. The minimum absolute atomic E-state index is 0. The van der Waals surface area contributed by atoms with Crippen molar-refractivity contribution in [2.45, 2.75) is 13.0 Å². The van der Waals surface area contributed by atoms with Gasteiger partial charge in [-0.25, -0.2) is 0 Å². The first-order chi connectivity index (χ1) is 7.15. The van der Waals surface area contributed by atoms with E-state index in [9.17, 15) is 4.79 Å². The smallest absolute Gasteiger partial charge is 0.255 e. The maximum Gasteiger partial charge on any atom is 0.255 e. The van der Waals surface area contributed by atoms with E-state index in [1.54, 1.807) is 24.0 Å². The molecule has 0 saturated heterocycles. The molecule has 1 rings (SSSR count). The summed E-state index contributed by atoms with van der Waals surface area (Å²) < 4.78 is 0. The number of nitrogens with two attached hydrogens (primary N) is 1. The van der Waals surface area contributed by atoms with Gasteiger partial charge in [0, 0.05) is 29.9 Å². The first kappa shape index (κ1) is 15.1. The minimum atomic E-state index is -0.165. The lowest BCUT2D eigenvalue weighted by atomic mass is 10.2. The highest BCUT2D eigenvalue weighted by atomic mass is 35.5. The van der Waals surface area contributed by atoms with Gasteiger partial charge in [0.15, 0.2) is 0 Å². The Morgan fingerprint density at radius 2 is 2.38 bits per heavy atom. The van der Waals surface area contributed by atoms with Crippen molar-refractivity contribution in [2.24, 2.45) is 0 Å². The zero-order valence-electron chi connectivity index (χ0n) is 9.27. The zero-order valence-corrected chi connectivity index (χ0v) is 10.9. The summed E-state index contributed by atoms with van der Waals surface area (Å²) in [4.78, 5) is 15.6. The molecule has 1 aromatic heterocycles. The average molecular weight is 262 g/mol. The molecule has 90 valence electrons. The summed E-state index contributed by atoms with van der Waals surface area (Å²) in [6.07, 6.45) is 5.05. The van der Waals surface area contributed by atoms with Crippen molar-refractivity contribution in [3.05, 3.63) is 24.0 Å². The standard InChI is InChI=1S/C10H15N3OS.ClH/c1-7(6-15-2)13-10(14)8-5-12-4-3-9(8)11;/h3-5,7H,6H2,1-2H3,(H2,11,12)(H,13,14);1H. The second-order valence-electron chi connectivity index (χ2n) is 3.29. The van der Waals surface area contributed by atoms with Gasteiger partial charge in [-0.05, 0) is 19.2 Å². The molecule has 0 saturated carbocycles. The van der Waals surface area contributed by atoms with Gasteiger partial charge >= 0.3 is 0 Å². The van der Waals surface area contributed by atoms with Crippen LogP contribution in [0.15, 0.2) is 18.5 Å². The number of rotatable bonds is 4. The van der Waals surface area contributed by atoms with Gasteiger partial charge in [-0.15, -0.1) is 12.4 Å². The molecule has 0 fully saturated rings. The third-order valence-corrected chi connectivity index (χ3v) is 2.73. The van der Waals surface area contributed by atoms with Crippen LogP contribution in [0.4, 0.5) is 5.69 Å². The van der Waals surface area contributed by atoms with Crippen LogP contribution in [0.2, 0.25) is 0 Å². The van der Waals surface area contributed by atoms with E-state index >= 15 is 0 Å². The molecule has 0 aliphatic heterocycles. The van der Waals surface area contributed by atoms with E-state index in [0.717, 1.165) is 5.75 Å². The van der Waals surface area contributed by atoms with E-state index in [4.69, 9.17) is 5.73 Å². The molecule has 0 aliphatic rings. The second-order valence-corrected chi connectivity index (χ2v) is 4.20. The lowest BCUT2D eigenvalue weighted by Gasteiger charge is -2.12. The van der Waals surface area contributed by atoms with E-state index < -0.39 is 0 Å². The van der Waals surface area contributed by atoms with Crippen LogP contribution in [0.3, 0.4) is 0 Å². The molecule has 0 spiro atoms. The Morgan fingerprint density at radius 3 is 2.94 bits per heavy atom. The van der Waals surface area contributed by atoms with Gasteiger partial charge in [0.1, 0.15) is 0 Å². The molecule has 16 heavy (non-hydrogen) atoms. The third-order valence-electron chi connectivity index (χ3n) is 1.89. The summed E-state index contributed by atoms with van der Waals surface area (Å²) >= 11 is 1.69. The van der Waals surface area contributed by atoms with Crippen LogP contribution < -0.4 is 11.1 Å². The number of aromatic nitrogens is 1. The van der Waals surface area contributed by atoms with Gasteiger partial charge in [0.25, 0.3) is 5.91 Å². The lowest BCUT2D eigenvalue weighted by molar-refractivity contribution is 0.0944. The van der Waals surface area contributed by atoms with E-state index in [2.05, 4.69) is 10.3 Å². The van der Waals surface area contributed by atoms with Crippen molar-refractivity contribution < 1.29 is 4.79 Å². The monoisotopic (exact) mass is 261 g/mol. The van der Waals surface area contributed by atoms with Gasteiger partial charge in [-0.3, -0.25) is 9.78 Å².